The fourth-order valence-corrected chi connectivity index (χ4v) is 3.58. The second-order valence-electron chi connectivity index (χ2n) is 7.23. The van der Waals surface area contributed by atoms with Gasteiger partial charge in [0, 0.05) is 19.3 Å². The number of nitrogens with zero attached hydrogens (tertiary/aromatic N) is 3. The summed E-state index contributed by atoms with van der Waals surface area (Å²) in [6, 6.07) is 9.42. The van der Waals surface area contributed by atoms with E-state index in [-0.39, 0.29) is 28.5 Å². The van der Waals surface area contributed by atoms with Gasteiger partial charge in [0.1, 0.15) is 17.3 Å². The quantitative estimate of drug-likeness (QED) is 0.680. The molecule has 1 aliphatic rings. The number of benzene rings is 1. The summed E-state index contributed by atoms with van der Waals surface area (Å²) in [5.41, 5.74) is 0.243. The number of anilines is 1. The Hall–Kier alpha value is -3.68. The number of carbonyl (C=O) groups excluding carboxylic acids is 2. The molecule has 1 fully saturated rings. The molecule has 1 saturated heterocycles. The first-order valence-corrected chi connectivity index (χ1v) is 10.0. The Labute approximate surface area is 177 Å². The summed E-state index contributed by atoms with van der Waals surface area (Å²) in [5.74, 6) is -2.33. The van der Waals surface area contributed by atoms with Crippen LogP contribution in [0.15, 0.2) is 54.9 Å². The average molecular weight is 422 g/mol. The van der Waals surface area contributed by atoms with Crippen molar-refractivity contribution in [3.63, 3.8) is 0 Å². The number of rotatable bonds is 4. The van der Waals surface area contributed by atoms with Crippen LogP contribution in [0, 0.1) is 11.6 Å². The van der Waals surface area contributed by atoms with E-state index in [1.54, 1.807) is 11.0 Å². The van der Waals surface area contributed by atoms with Crippen molar-refractivity contribution >= 4 is 17.5 Å². The smallest absolute Gasteiger partial charge is 0.274 e. The first-order chi connectivity index (χ1) is 15.0. The van der Waals surface area contributed by atoms with Crippen LogP contribution in [0.3, 0.4) is 0 Å². The van der Waals surface area contributed by atoms with Gasteiger partial charge in [-0.05, 0) is 49.6 Å². The molecule has 2 amide bonds. The van der Waals surface area contributed by atoms with Crippen LogP contribution in [0.1, 0.15) is 40.1 Å². The van der Waals surface area contributed by atoms with Gasteiger partial charge in [-0.3, -0.25) is 14.6 Å². The number of likely N-dealkylation sites (tertiary alicyclic amines) is 1. The SMILES string of the molecule is O=C(Nc1cnccc1C(=O)N1CCCCC1)c1cccc(-c2c(F)cccc2F)n1. The van der Waals surface area contributed by atoms with E-state index in [0.717, 1.165) is 31.4 Å². The van der Waals surface area contributed by atoms with Crippen molar-refractivity contribution in [1.82, 2.24) is 14.9 Å². The van der Waals surface area contributed by atoms with Gasteiger partial charge < -0.3 is 10.2 Å². The highest BCUT2D eigenvalue weighted by molar-refractivity contribution is 6.08. The Morgan fingerprint density at radius 2 is 1.65 bits per heavy atom. The number of piperidine rings is 1. The summed E-state index contributed by atoms with van der Waals surface area (Å²) >= 11 is 0. The Bertz CT molecular complexity index is 1110. The molecule has 0 spiro atoms. The minimum Gasteiger partial charge on any atom is -0.339 e. The maximum atomic E-state index is 14.1. The molecule has 158 valence electrons. The summed E-state index contributed by atoms with van der Waals surface area (Å²) in [7, 11) is 0. The summed E-state index contributed by atoms with van der Waals surface area (Å²) in [5, 5.41) is 2.66. The van der Waals surface area contributed by atoms with E-state index in [0.29, 0.717) is 18.7 Å². The molecule has 0 bridgehead atoms. The molecule has 1 N–H and O–H groups in total. The van der Waals surface area contributed by atoms with Gasteiger partial charge in [0.25, 0.3) is 11.8 Å². The Morgan fingerprint density at radius 1 is 0.935 bits per heavy atom. The largest absolute Gasteiger partial charge is 0.339 e. The first-order valence-electron chi connectivity index (χ1n) is 10.0. The molecule has 0 saturated carbocycles. The van der Waals surface area contributed by atoms with Crippen LogP contribution in [0.2, 0.25) is 0 Å². The normalized spacial score (nSPS) is 13.7. The van der Waals surface area contributed by atoms with Gasteiger partial charge in [0.05, 0.1) is 28.7 Å². The second-order valence-corrected chi connectivity index (χ2v) is 7.23. The van der Waals surface area contributed by atoms with E-state index in [4.69, 9.17) is 0 Å². The molecular weight excluding hydrogens is 402 g/mol. The molecule has 0 unspecified atom stereocenters. The van der Waals surface area contributed by atoms with Gasteiger partial charge in [-0.1, -0.05) is 12.1 Å². The zero-order valence-electron chi connectivity index (χ0n) is 16.6. The Morgan fingerprint density at radius 3 is 2.39 bits per heavy atom. The second kappa shape index (κ2) is 8.99. The molecule has 6 nitrogen and oxygen atoms in total. The fourth-order valence-electron chi connectivity index (χ4n) is 3.58. The summed E-state index contributed by atoms with van der Waals surface area (Å²) in [6.45, 7) is 1.35. The molecule has 3 heterocycles. The minimum atomic E-state index is -0.772. The van der Waals surface area contributed by atoms with Crippen LogP contribution in [0.25, 0.3) is 11.3 Å². The fraction of sp³-hybridized carbons (Fsp3) is 0.217. The van der Waals surface area contributed by atoms with Gasteiger partial charge in [0.2, 0.25) is 0 Å². The lowest BCUT2D eigenvalue weighted by molar-refractivity contribution is 0.0725. The lowest BCUT2D eigenvalue weighted by Crippen LogP contribution is -2.36. The lowest BCUT2D eigenvalue weighted by atomic mass is 10.1. The van der Waals surface area contributed by atoms with Gasteiger partial charge in [0.15, 0.2) is 0 Å². The number of hydrogen-bond donors (Lipinski definition) is 1. The Balaban J connectivity index is 1.59. The van der Waals surface area contributed by atoms with Gasteiger partial charge in [-0.25, -0.2) is 13.8 Å². The minimum absolute atomic E-state index is 0.000877. The number of aromatic nitrogens is 2. The van der Waals surface area contributed by atoms with Gasteiger partial charge in [-0.15, -0.1) is 0 Å². The maximum absolute atomic E-state index is 14.1. The van der Waals surface area contributed by atoms with Crippen LogP contribution >= 0.6 is 0 Å². The third-order valence-corrected chi connectivity index (χ3v) is 5.14. The van der Waals surface area contributed by atoms with Crippen LogP contribution in [-0.2, 0) is 0 Å². The summed E-state index contributed by atoms with van der Waals surface area (Å²) in [6.07, 6.45) is 5.88. The molecule has 0 aliphatic carbocycles. The number of amides is 2. The molecule has 0 atom stereocenters. The lowest BCUT2D eigenvalue weighted by Gasteiger charge is -2.27. The highest BCUT2D eigenvalue weighted by Gasteiger charge is 2.22. The van der Waals surface area contributed by atoms with Crippen molar-refractivity contribution in [3.8, 4) is 11.3 Å². The van der Waals surface area contributed by atoms with E-state index < -0.39 is 17.5 Å². The molecule has 1 aliphatic heterocycles. The van der Waals surface area contributed by atoms with E-state index in [9.17, 15) is 18.4 Å². The number of nitrogens with one attached hydrogen (secondary N) is 1. The predicted octanol–water partition coefficient (Wildman–Crippen LogP) is 4.30. The highest BCUT2D eigenvalue weighted by Crippen LogP contribution is 2.25. The molecule has 2 aromatic heterocycles. The number of hydrogen-bond acceptors (Lipinski definition) is 4. The van der Waals surface area contributed by atoms with Crippen molar-refractivity contribution < 1.29 is 18.4 Å². The van der Waals surface area contributed by atoms with E-state index in [1.807, 2.05) is 0 Å². The van der Waals surface area contributed by atoms with Crippen molar-refractivity contribution in [2.75, 3.05) is 18.4 Å². The zero-order chi connectivity index (χ0) is 21.8. The topological polar surface area (TPSA) is 75.2 Å². The molecule has 4 rings (SSSR count). The zero-order valence-corrected chi connectivity index (χ0v) is 16.6. The first kappa shape index (κ1) is 20.6. The van der Waals surface area contributed by atoms with Gasteiger partial charge >= 0.3 is 0 Å². The third kappa shape index (κ3) is 4.42. The number of pyridine rings is 2. The molecule has 31 heavy (non-hydrogen) atoms. The molecule has 8 heteroatoms. The van der Waals surface area contributed by atoms with E-state index >= 15 is 0 Å². The van der Waals surface area contributed by atoms with E-state index in [2.05, 4.69) is 15.3 Å². The van der Waals surface area contributed by atoms with E-state index in [1.165, 1.54) is 36.7 Å². The Kier molecular flexibility index (Phi) is 5.97. The van der Waals surface area contributed by atoms with Crippen molar-refractivity contribution in [2.45, 2.75) is 19.3 Å². The van der Waals surface area contributed by atoms with Crippen molar-refractivity contribution in [3.05, 3.63) is 77.8 Å². The molecule has 1 aromatic carbocycles. The molecule has 0 radical (unpaired) electrons. The standard InChI is InChI=1S/C23H20F2N4O2/c24-16-6-4-7-17(25)21(16)18-8-5-9-19(27-18)22(30)28-20-14-26-11-10-15(20)23(31)29-12-2-1-3-13-29/h4-11,14H,1-3,12-13H2,(H,28,30). The average Bonchev–Trinajstić information content (AvgIpc) is 2.80. The van der Waals surface area contributed by atoms with Crippen molar-refractivity contribution in [2.24, 2.45) is 0 Å². The van der Waals surface area contributed by atoms with Crippen LogP contribution in [0.4, 0.5) is 14.5 Å². The van der Waals surface area contributed by atoms with Gasteiger partial charge in [-0.2, -0.15) is 0 Å². The van der Waals surface area contributed by atoms with Crippen LogP contribution in [0.5, 0.6) is 0 Å². The maximum Gasteiger partial charge on any atom is 0.274 e. The number of halogens is 2. The highest BCUT2D eigenvalue weighted by atomic mass is 19.1. The third-order valence-electron chi connectivity index (χ3n) is 5.14. The van der Waals surface area contributed by atoms with Crippen molar-refractivity contribution in [1.29, 1.82) is 0 Å². The summed E-state index contributed by atoms with van der Waals surface area (Å²) in [4.78, 5) is 35.6. The summed E-state index contributed by atoms with van der Waals surface area (Å²) < 4.78 is 28.2. The molecule has 3 aromatic rings. The van der Waals surface area contributed by atoms with Crippen LogP contribution < -0.4 is 5.32 Å². The molecular formula is C23H20F2N4O2. The predicted molar refractivity (Wildman–Crippen MR) is 112 cm³/mol. The van der Waals surface area contributed by atoms with Crippen LogP contribution in [-0.4, -0.2) is 39.8 Å². The monoisotopic (exact) mass is 422 g/mol. The number of carbonyl (C=O) groups is 2.